The number of pyridine rings is 1. The van der Waals surface area contributed by atoms with Crippen molar-refractivity contribution < 1.29 is 4.42 Å². The molecule has 3 aromatic carbocycles. The summed E-state index contributed by atoms with van der Waals surface area (Å²) in [5.41, 5.74) is 7.63. The maximum absolute atomic E-state index is 6.24. The molecular weight excluding hydrogens is 318 g/mol. The smallest absolute Gasteiger partial charge is 0.161 e. The summed E-state index contributed by atoms with van der Waals surface area (Å²) in [7, 11) is 0. The SMILES string of the molecule is CC1(C)c2ccccc2-c2nc3c4ccccc4oc3c3cccc1c23. The lowest BCUT2D eigenvalue weighted by atomic mass is 9.70. The largest absolute Gasteiger partial charge is 0.454 e. The Hall–Kier alpha value is -3.13. The van der Waals surface area contributed by atoms with Gasteiger partial charge in [-0.05, 0) is 23.3 Å². The van der Waals surface area contributed by atoms with Gasteiger partial charge in [0.25, 0.3) is 0 Å². The lowest BCUT2D eigenvalue weighted by Crippen LogP contribution is -2.24. The fourth-order valence-corrected chi connectivity index (χ4v) is 4.59. The highest BCUT2D eigenvalue weighted by Crippen LogP contribution is 2.49. The van der Waals surface area contributed by atoms with Gasteiger partial charge in [-0.2, -0.15) is 0 Å². The van der Waals surface area contributed by atoms with Crippen LogP contribution in [0.3, 0.4) is 0 Å². The Bertz CT molecular complexity index is 1360. The molecule has 0 saturated heterocycles. The standard InChI is InChI=1S/C24H17NO/c1-24(2)17-11-5-3-8-14(17)21-20-16(10-7-12-18(20)24)23-22(25-21)15-9-4-6-13-19(15)26-23/h3-13H,1-2H3. The molecule has 5 aromatic rings. The van der Waals surface area contributed by atoms with Crippen molar-refractivity contribution in [2.24, 2.45) is 0 Å². The second-order valence-electron chi connectivity index (χ2n) is 7.64. The summed E-state index contributed by atoms with van der Waals surface area (Å²) in [5, 5.41) is 3.46. The highest BCUT2D eigenvalue weighted by molar-refractivity contribution is 6.17. The fraction of sp³-hybridized carbons (Fsp3) is 0.125. The number of hydrogen-bond acceptors (Lipinski definition) is 2. The van der Waals surface area contributed by atoms with Gasteiger partial charge in [0.1, 0.15) is 11.1 Å². The normalized spacial score (nSPS) is 14.8. The maximum Gasteiger partial charge on any atom is 0.161 e. The summed E-state index contributed by atoms with van der Waals surface area (Å²) in [6, 6.07) is 23.4. The van der Waals surface area contributed by atoms with Gasteiger partial charge in [-0.3, -0.25) is 0 Å². The van der Waals surface area contributed by atoms with Crippen LogP contribution in [0.2, 0.25) is 0 Å². The van der Waals surface area contributed by atoms with Crippen LogP contribution >= 0.6 is 0 Å². The first kappa shape index (κ1) is 14.1. The van der Waals surface area contributed by atoms with Gasteiger partial charge in [0.2, 0.25) is 0 Å². The van der Waals surface area contributed by atoms with Crippen LogP contribution in [0.4, 0.5) is 0 Å². The van der Waals surface area contributed by atoms with Crippen LogP contribution in [0.1, 0.15) is 25.0 Å². The monoisotopic (exact) mass is 335 g/mol. The van der Waals surface area contributed by atoms with E-state index in [1.54, 1.807) is 0 Å². The van der Waals surface area contributed by atoms with Gasteiger partial charge in [0, 0.05) is 27.1 Å². The van der Waals surface area contributed by atoms with Crippen molar-refractivity contribution in [1.29, 1.82) is 0 Å². The van der Waals surface area contributed by atoms with Gasteiger partial charge in [-0.1, -0.05) is 68.4 Å². The van der Waals surface area contributed by atoms with Crippen molar-refractivity contribution >= 4 is 32.8 Å². The van der Waals surface area contributed by atoms with Gasteiger partial charge in [0.05, 0.1) is 5.69 Å². The van der Waals surface area contributed by atoms with Crippen LogP contribution in [0.5, 0.6) is 0 Å². The number of hydrogen-bond donors (Lipinski definition) is 0. The molecule has 0 atom stereocenters. The quantitative estimate of drug-likeness (QED) is 0.325. The molecule has 2 heteroatoms. The number of para-hydroxylation sites is 1. The summed E-state index contributed by atoms with van der Waals surface area (Å²) in [5.74, 6) is 0. The van der Waals surface area contributed by atoms with Crippen molar-refractivity contribution in [2.75, 3.05) is 0 Å². The number of aromatic nitrogens is 1. The molecule has 0 aliphatic heterocycles. The Balaban J connectivity index is 1.93. The second-order valence-corrected chi connectivity index (χ2v) is 7.64. The molecule has 2 nitrogen and oxygen atoms in total. The molecule has 0 fully saturated rings. The van der Waals surface area contributed by atoms with E-state index in [-0.39, 0.29) is 5.41 Å². The Morgan fingerprint density at radius 1 is 0.769 bits per heavy atom. The zero-order valence-electron chi connectivity index (χ0n) is 14.7. The Kier molecular flexibility index (Phi) is 2.45. The van der Waals surface area contributed by atoms with E-state index in [2.05, 4.69) is 62.4 Å². The predicted molar refractivity (Wildman–Crippen MR) is 107 cm³/mol. The molecule has 0 saturated carbocycles. The van der Waals surface area contributed by atoms with E-state index in [9.17, 15) is 0 Å². The number of rotatable bonds is 0. The topological polar surface area (TPSA) is 26.0 Å². The summed E-state index contributed by atoms with van der Waals surface area (Å²) < 4.78 is 6.24. The molecule has 2 heterocycles. The number of nitrogens with zero attached hydrogens (tertiary/aromatic N) is 1. The van der Waals surface area contributed by atoms with Crippen molar-refractivity contribution in [3.63, 3.8) is 0 Å². The van der Waals surface area contributed by atoms with Crippen LogP contribution in [0.15, 0.2) is 71.1 Å². The van der Waals surface area contributed by atoms with E-state index in [0.717, 1.165) is 33.1 Å². The highest BCUT2D eigenvalue weighted by atomic mass is 16.3. The molecule has 124 valence electrons. The van der Waals surface area contributed by atoms with E-state index in [4.69, 9.17) is 9.40 Å². The van der Waals surface area contributed by atoms with Crippen LogP contribution in [-0.2, 0) is 5.41 Å². The first-order valence-corrected chi connectivity index (χ1v) is 9.00. The first-order chi connectivity index (χ1) is 12.7. The van der Waals surface area contributed by atoms with Crippen LogP contribution < -0.4 is 0 Å². The minimum Gasteiger partial charge on any atom is -0.454 e. The van der Waals surface area contributed by atoms with E-state index in [1.807, 2.05) is 18.2 Å². The van der Waals surface area contributed by atoms with Gasteiger partial charge in [-0.15, -0.1) is 0 Å². The number of benzene rings is 3. The van der Waals surface area contributed by atoms with Crippen LogP contribution in [-0.4, -0.2) is 4.98 Å². The van der Waals surface area contributed by atoms with E-state index in [1.165, 1.54) is 22.1 Å². The number of furan rings is 1. The van der Waals surface area contributed by atoms with Gasteiger partial charge >= 0.3 is 0 Å². The second kappa shape index (κ2) is 4.53. The zero-order chi connectivity index (χ0) is 17.5. The van der Waals surface area contributed by atoms with Crippen molar-refractivity contribution in [2.45, 2.75) is 19.3 Å². The number of fused-ring (bicyclic) bond motifs is 6. The molecule has 1 aliphatic carbocycles. The molecule has 6 rings (SSSR count). The Labute approximate surface area is 151 Å². The molecule has 0 amide bonds. The summed E-state index contributed by atoms with van der Waals surface area (Å²) in [6.07, 6.45) is 0. The third-order valence-electron chi connectivity index (χ3n) is 5.87. The van der Waals surface area contributed by atoms with Gasteiger partial charge in [-0.25, -0.2) is 4.98 Å². The van der Waals surface area contributed by atoms with Crippen LogP contribution in [0, 0.1) is 0 Å². The molecule has 0 radical (unpaired) electrons. The van der Waals surface area contributed by atoms with Crippen molar-refractivity contribution in [1.82, 2.24) is 4.98 Å². The fourth-order valence-electron chi connectivity index (χ4n) is 4.59. The third kappa shape index (κ3) is 1.55. The maximum atomic E-state index is 6.24. The zero-order valence-corrected chi connectivity index (χ0v) is 14.7. The molecular formula is C24H17NO. The molecule has 26 heavy (non-hydrogen) atoms. The molecule has 0 spiro atoms. The van der Waals surface area contributed by atoms with E-state index < -0.39 is 0 Å². The minimum atomic E-state index is -0.0650. The molecule has 0 bridgehead atoms. The van der Waals surface area contributed by atoms with Crippen molar-refractivity contribution in [3.05, 3.63) is 77.9 Å². The third-order valence-corrected chi connectivity index (χ3v) is 5.87. The average molecular weight is 335 g/mol. The molecule has 0 N–H and O–H groups in total. The predicted octanol–water partition coefficient (Wildman–Crippen LogP) is 6.44. The van der Waals surface area contributed by atoms with Gasteiger partial charge in [0.15, 0.2) is 5.58 Å². The van der Waals surface area contributed by atoms with E-state index in [0.29, 0.717) is 0 Å². The Morgan fingerprint density at radius 2 is 1.50 bits per heavy atom. The Morgan fingerprint density at radius 3 is 2.42 bits per heavy atom. The van der Waals surface area contributed by atoms with Crippen molar-refractivity contribution in [3.8, 4) is 11.3 Å². The summed E-state index contributed by atoms with van der Waals surface area (Å²) >= 11 is 0. The lowest BCUT2D eigenvalue weighted by molar-refractivity contribution is 0.643. The lowest BCUT2D eigenvalue weighted by Gasteiger charge is -2.34. The molecule has 2 aromatic heterocycles. The first-order valence-electron chi connectivity index (χ1n) is 9.00. The molecule has 1 aliphatic rings. The summed E-state index contributed by atoms with van der Waals surface area (Å²) in [6.45, 7) is 4.60. The van der Waals surface area contributed by atoms with Crippen LogP contribution in [0.25, 0.3) is 44.1 Å². The van der Waals surface area contributed by atoms with E-state index >= 15 is 0 Å². The highest BCUT2D eigenvalue weighted by Gasteiger charge is 2.34. The summed E-state index contributed by atoms with van der Waals surface area (Å²) in [4.78, 5) is 5.14. The minimum absolute atomic E-state index is 0.0650. The average Bonchev–Trinajstić information content (AvgIpc) is 3.05. The van der Waals surface area contributed by atoms with Gasteiger partial charge < -0.3 is 4.42 Å². The molecule has 0 unspecified atom stereocenters.